The molecule has 2 amide bonds. The lowest BCUT2D eigenvalue weighted by molar-refractivity contribution is -0.146. The van der Waals surface area contributed by atoms with Crippen LogP contribution in [0.4, 0.5) is 9.59 Å². The molecule has 0 saturated carbocycles. The highest BCUT2D eigenvalue weighted by Crippen LogP contribution is 2.35. The molecule has 0 aromatic heterocycles. The van der Waals surface area contributed by atoms with Crippen LogP contribution in [0, 0.1) is 0 Å². The SMILES string of the molecule is COC(=O)C(CNCc1ccc2ccc3cccc4ccc1c2c34)N(C(=O)OC(C)(C)C)C(=O)OC(C)(C)C. The highest BCUT2D eigenvalue weighted by atomic mass is 16.6. The van der Waals surface area contributed by atoms with E-state index in [-0.39, 0.29) is 6.54 Å². The normalized spacial score (nSPS) is 13.0. The molecule has 4 aromatic rings. The van der Waals surface area contributed by atoms with Gasteiger partial charge in [0.05, 0.1) is 7.11 Å². The summed E-state index contributed by atoms with van der Waals surface area (Å²) in [5.74, 6) is -0.769. The number of hydrogen-bond donors (Lipinski definition) is 1. The first-order chi connectivity index (χ1) is 18.3. The molecule has 4 rings (SSSR count). The van der Waals surface area contributed by atoms with Crippen LogP contribution < -0.4 is 5.32 Å². The van der Waals surface area contributed by atoms with Crippen molar-refractivity contribution in [3.8, 4) is 0 Å². The van der Waals surface area contributed by atoms with Gasteiger partial charge in [-0.25, -0.2) is 14.4 Å². The number of carbonyl (C=O) groups excluding carboxylic acids is 3. The number of ether oxygens (including phenoxy) is 3. The van der Waals surface area contributed by atoms with E-state index >= 15 is 0 Å². The second kappa shape index (κ2) is 10.7. The number of hydrogen-bond acceptors (Lipinski definition) is 7. The molecule has 1 N–H and O–H groups in total. The number of carbonyl (C=O) groups is 3. The van der Waals surface area contributed by atoms with Gasteiger partial charge in [0.15, 0.2) is 6.04 Å². The number of nitrogens with zero attached hydrogens (tertiary/aromatic N) is 1. The van der Waals surface area contributed by atoms with E-state index in [1.54, 1.807) is 41.5 Å². The van der Waals surface area contributed by atoms with Crippen molar-refractivity contribution in [2.45, 2.75) is 65.3 Å². The fraction of sp³-hybridized carbons (Fsp3) is 0.387. The van der Waals surface area contributed by atoms with E-state index in [2.05, 4.69) is 53.8 Å². The van der Waals surface area contributed by atoms with Gasteiger partial charge in [0, 0.05) is 13.1 Å². The number of esters is 1. The molecule has 1 unspecified atom stereocenters. The molecular weight excluding hydrogens is 496 g/mol. The van der Waals surface area contributed by atoms with Gasteiger partial charge in [-0.1, -0.05) is 54.6 Å². The number of amides is 2. The number of nitrogens with one attached hydrogen (secondary N) is 1. The number of benzene rings is 4. The Morgan fingerprint density at radius 3 is 1.82 bits per heavy atom. The second-order valence-electron chi connectivity index (χ2n) is 11.6. The van der Waals surface area contributed by atoms with Crippen molar-refractivity contribution in [3.05, 3.63) is 60.2 Å². The topological polar surface area (TPSA) is 94.2 Å². The molecule has 39 heavy (non-hydrogen) atoms. The minimum absolute atomic E-state index is 0.0624. The van der Waals surface area contributed by atoms with Gasteiger partial charge in [-0.15, -0.1) is 0 Å². The molecule has 0 fully saturated rings. The first kappa shape index (κ1) is 28.1. The average Bonchev–Trinajstić information content (AvgIpc) is 2.84. The number of rotatable bonds is 6. The Morgan fingerprint density at radius 2 is 1.28 bits per heavy atom. The largest absolute Gasteiger partial charge is 0.467 e. The maximum atomic E-state index is 13.1. The van der Waals surface area contributed by atoms with Crippen LogP contribution in [0.3, 0.4) is 0 Å². The van der Waals surface area contributed by atoms with Crippen LogP contribution in [-0.4, -0.2) is 54.0 Å². The van der Waals surface area contributed by atoms with Crippen LogP contribution >= 0.6 is 0 Å². The maximum absolute atomic E-state index is 13.1. The molecule has 206 valence electrons. The zero-order chi connectivity index (χ0) is 28.5. The van der Waals surface area contributed by atoms with Crippen LogP contribution in [0.5, 0.6) is 0 Å². The average molecular weight is 533 g/mol. The van der Waals surface area contributed by atoms with E-state index in [9.17, 15) is 14.4 Å². The molecule has 0 aliphatic carbocycles. The van der Waals surface area contributed by atoms with E-state index in [1.807, 2.05) is 6.07 Å². The minimum atomic E-state index is -1.31. The van der Waals surface area contributed by atoms with Crippen molar-refractivity contribution < 1.29 is 28.6 Å². The lowest BCUT2D eigenvalue weighted by Crippen LogP contribution is -2.55. The van der Waals surface area contributed by atoms with E-state index in [0.717, 1.165) is 16.3 Å². The van der Waals surface area contributed by atoms with Crippen molar-refractivity contribution in [2.24, 2.45) is 0 Å². The smallest absolute Gasteiger partial charge is 0.420 e. The Kier molecular flexibility index (Phi) is 7.70. The Labute approximate surface area is 228 Å². The van der Waals surface area contributed by atoms with Gasteiger partial charge >= 0.3 is 18.2 Å². The summed E-state index contributed by atoms with van der Waals surface area (Å²) in [6, 6.07) is 17.5. The first-order valence-corrected chi connectivity index (χ1v) is 13.0. The van der Waals surface area contributed by atoms with Gasteiger partial charge < -0.3 is 19.5 Å². The first-order valence-electron chi connectivity index (χ1n) is 13.0. The number of methoxy groups -OCH3 is 1. The summed E-state index contributed by atoms with van der Waals surface area (Å²) in [5.41, 5.74) is -0.772. The molecule has 0 aliphatic rings. The zero-order valence-electron chi connectivity index (χ0n) is 23.6. The summed E-state index contributed by atoms with van der Waals surface area (Å²) in [5, 5.41) is 10.2. The summed E-state index contributed by atoms with van der Waals surface area (Å²) in [7, 11) is 1.21. The van der Waals surface area contributed by atoms with Gasteiger partial charge in [0.2, 0.25) is 0 Å². The Bertz CT molecular complexity index is 1470. The summed E-state index contributed by atoms with van der Waals surface area (Å²) >= 11 is 0. The molecule has 8 nitrogen and oxygen atoms in total. The van der Waals surface area contributed by atoms with E-state index in [1.165, 1.54) is 28.7 Å². The Balaban J connectivity index is 1.63. The molecule has 0 heterocycles. The predicted octanol–water partition coefficient (Wildman–Crippen LogP) is 6.39. The monoisotopic (exact) mass is 532 g/mol. The molecule has 0 saturated heterocycles. The van der Waals surface area contributed by atoms with Crippen molar-refractivity contribution in [1.29, 1.82) is 0 Å². The number of imide groups is 1. The molecule has 4 aromatic carbocycles. The summed E-state index contributed by atoms with van der Waals surface area (Å²) < 4.78 is 15.9. The lowest BCUT2D eigenvalue weighted by atomic mass is 9.92. The maximum Gasteiger partial charge on any atom is 0.420 e. The molecule has 0 bridgehead atoms. The summed E-state index contributed by atoms with van der Waals surface area (Å²) in [4.78, 5) is 39.8. The van der Waals surface area contributed by atoms with Crippen LogP contribution in [0.25, 0.3) is 32.3 Å². The minimum Gasteiger partial charge on any atom is -0.467 e. The van der Waals surface area contributed by atoms with Gasteiger partial charge in [-0.05, 0) is 79.4 Å². The third kappa shape index (κ3) is 6.23. The van der Waals surface area contributed by atoms with Crippen LogP contribution in [-0.2, 0) is 25.5 Å². The molecular formula is C31H36N2O6. The molecule has 0 radical (unpaired) electrons. The van der Waals surface area contributed by atoms with Crippen molar-refractivity contribution in [1.82, 2.24) is 10.2 Å². The van der Waals surface area contributed by atoms with Crippen molar-refractivity contribution in [2.75, 3.05) is 13.7 Å². The highest BCUT2D eigenvalue weighted by Gasteiger charge is 2.40. The van der Waals surface area contributed by atoms with Gasteiger partial charge in [-0.3, -0.25) is 0 Å². The third-order valence-electron chi connectivity index (χ3n) is 6.24. The molecule has 0 spiro atoms. The van der Waals surface area contributed by atoms with E-state index in [0.29, 0.717) is 11.4 Å². The molecule has 8 heteroatoms. The molecule has 0 aliphatic heterocycles. The fourth-order valence-electron chi connectivity index (χ4n) is 4.66. The van der Waals surface area contributed by atoms with Gasteiger partial charge in [0.1, 0.15) is 11.2 Å². The lowest BCUT2D eigenvalue weighted by Gasteiger charge is -2.32. The molecule has 1 atom stereocenters. The standard InChI is InChI=1S/C31H36N2O6/c1-30(2,3)38-28(35)33(29(36)39-31(4,5)6)24(27(34)37-7)18-32-17-22-14-13-21-12-11-19-9-8-10-20-15-16-23(22)26(21)25(19)20/h8-16,24,32H,17-18H2,1-7H3. The Hall–Kier alpha value is -3.91. The van der Waals surface area contributed by atoms with E-state index in [4.69, 9.17) is 14.2 Å². The highest BCUT2D eigenvalue weighted by molar-refractivity contribution is 6.23. The van der Waals surface area contributed by atoms with Crippen molar-refractivity contribution >= 4 is 50.5 Å². The van der Waals surface area contributed by atoms with Crippen LogP contribution in [0.2, 0.25) is 0 Å². The van der Waals surface area contributed by atoms with Crippen LogP contribution in [0.15, 0.2) is 54.6 Å². The zero-order valence-corrected chi connectivity index (χ0v) is 23.6. The Morgan fingerprint density at radius 1 is 0.769 bits per heavy atom. The van der Waals surface area contributed by atoms with E-state index < -0.39 is 35.4 Å². The third-order valence-corrected chi connectivity index (χ3v) is 6.24. The quantitative estimate of drug-likeness (QED) is 0.175. The van der Waals surface area contributed by atoms with Crippen LogP contribution in [0.1, 0.15) is 47.1 Å². The second-order valence-corrected chi connectivity index (χ2v) is 11.6. The van der Waals surface area contributed by atoms with Gasteiger partial charge in [-0.2, -0.15) is 4.90 Å². The summed E-state index contributed by atoms with van der Waals surface area (Å²) in [6.45, 7) is 10.4. The van der Waals surface area contributed by atoms with Gasteiger partial charge in [0.25, 0.3) is 0 Å². The fourth-order valence-corrected chi connectivity index (χ4v) is 4.66. The summed E-state index contributed by atoms with van der Waals surface area (Å²) in [6.07, 6.45) is -1.98. The predicted molar refractivity (Wildman–Crippen MR) is 152 cm³/mol. The van der Waals surface area contributed by atoms with Crippen molar-refractivity contribution in [3.63, 3.8) is 0 Å².